The molecule has 0 radical (unpaired) electrons. The van der Waals surface area contributed by atoms with Crippen molar-refractivity contribution in [1.29, 1.82) is 5.26 Å². The number of ether oxygens (including phenoxy) is 1. The van der Waals surface area contributed by atoms with Gasteiger partial charge in [0.1, 0.15) is 11.6 Å². The maximum Gasteiger partial charge on any atom is 0.340 e. The normalized spacial score (nSPS) is 9.18. The molecule has 7 heteroatoms. The average molecular weight is 234 g/mol. The van der Waals surface area contributed by atoms with Gasteiger partial charge in [-0.1, -0.05) is 0 Å². The number of aldehydes is 1. The van der Waals surface area contributed by atoms with Gasteiger partial charge in [0, 0.05) is 11.6 Å². The van der Waals surface area contributed by atoms with Crippen LogP contribution >= 0.6 is 0 Å². The van der Waals surface area contributed by atoms with Crippen molar-refractivity contribution in [3.63, 3.8) is 0 Å². The van der Waals surface area contributed by atoms with Crippen molar-refractivity contribution in [2.75, 3.05) is 7.11 Å². The van der Waals surface area contributed by atoms with Gasteiger partial charge in [0.25, 0.3) is 5.69 Å². The number of nitrogens with zero attached hydrogens (tertiary/aromatic N) is 2. The third-order valence-electron chi connectivity index (χ3n) is 2.04. The van der Waals surface area contributed by atoms with Crippen LogP contribution in [-0.4, -0.2) is 24.3 Å². The highest BCUT2D eigenvalue weighted by Gasteiger charge is 2.25. The van der Waals surface area contributed by atoms with Crippen molar-refractivity contribution in [2.45, 2.75) is 0 Å². The second-order valence-electron chi connectivity index (χ2n) is 2.90. The van der Waals surface area contributed by atoms with Crippen molar-refractivity contribution in [1.82, 2.24) is 0 Å². The summed E-state index contributed by atoms with van der Waals surface area (Å²) < 4.78 is 4.38. The molecule has 0 N–H and O–H groups in total. The van der Waals surface area contributed by atoms with E-state index in [1.807, 2.05) is 0 Å². The number of benzene rings is 1. The summed E-state index contributed by atoms with van der Waals surface area (Å²) in [6.45, 7) is 0. The Labute approximate surface area is 95.4 Å². The fraction of sp³-hybridized carbons (Fsp3) is 0.100. The summed E-state index contributed by atoms with van der Waals surface area (Å²) in [6.07, 6.45) is 0.330. The minimum absolute atomic E-state index is 0.126. The first kappa shape index (κ1) is 12.3. The molecule has 0 atom stereocenters. The molecule has 0 aliphatic rings. The number of rotatable bonds is 3. The number of methoxy groups -OCH3 is 1. The zero-order valence-corrected chi connectivity index (χ0v) is 8.67. The fourth-order valence-corrected chi connectivity index (χ4v) is 1.29. The first-order chi connectivity index (χ1) is 8.06. The van der Waals surface area contributed by atoms with E-state index >= 15 is 0 Å². The van der Waals surface area contributed by atoms with Crippen LogP contribution in [0.4, 0.5) is 5.69 Å². The van der Waals surface area contributed by atoms with E-state index in [0.29, 0.717) is 6.29 Å². The third-order valence-corrected chi connectivity index (χ3v) is 2.04. The summed E-state index contributed by atoms with van der Waals surface area (Å²) in [7, 11) is 1.05. The van der Waals surface area contributed by atoms with Crippen LogP contribution in [0.3, 0.4) is 0 Å². The summed E-state index contributed by atoms with van der Waals surface area (Å²) >= 11 is 0. The van der Waals surface area contributed by atoms with Crippen molar-refractivity contribution in [3.8, 4) is 6.07 Å². The van der Waals surface area contributed by atoms with Gasteiger partial charge in [0.2, 0.25) is 0 Å². The second-order valence-corrected chi connectivity index (χ2v) is 2.90. The van der Waals surface area contributed by atoms with Crippen molar-refractivity contribution in [2.24, 2.45) is 0 Å². The van der Waals surface area contributed by atoms with Gasteiger partial charge < -0.3 is 4.74 Å². The lowest BCUT2D eigenvalue weighted by Gasteiger charge is -2.05. The van der Waals surface area contributed by atoms with Crippen LogP contribution in [0.25, 0.3) is 0 Å². The number of nitriles is 1. The predicted molar refractivity (Wildman–Crippen MR) is 54.5 cm³/mol. The van der Waals surface area contributed by atoms with E-state index in [2.05, 4.69) is 4.74 Å². The Morgan fingerprint density at radius 1 is 1.59 bits per heavy atom. The van der Waals surface area contributed by atoms with Crippen LogP contribution < -0.4 is 0 Å². The Morgan fingerprint density at radius 3 is 2.65 bits per heavy atom. The van der Waals surface area contributed by atoms with Gasteiger partial charge in [-0.3, -0.25) is 14.9 Å². The SMILES string of the molecule is COC(=O)c1c(C=O)ccc([N+](=O)[O-])c1C#N. The predicted octanol–water partition coefficient (Wildman–Crippen LogP) is 1.07. The third kappa shape index (κ3) is 2.10. The molecule has 0 spiro atoms. The molecule has 0 heterocycles. The highest BCUT2D eigenvalue weighted by atomic mass is 16.6. The van der Waals surface area contributed by atoms with Crippen LogP contribution in [0.5, 0.6) is 0 Å². The lowest BCUT2D eigenvalue weighted by atomic mass is 10.0. The second kappa shape index (κ2) is 4.85. The highest BCUT2D eigenvalue weighted by molar-refractivity contribution is 6.01. The lowest BCUT2D eigenvalue weighted by molar-refractivity contribution is -0.385. The number of hydrogen-bond donors (Lipinski definition) is 0. The first-order valence-electron chi connectivity index (χ1n) is 4.31. The van der Waals surface area contributed by atoms with E-state index in [1.54, 1.807) is 0 Å². The standard InChI is InChI=1S/C10H6N2O5/c1-17-10(14)9-6(5-13)2-3-8(12(15)16)7(9)4-11/h2-3,5H,1H3. The van der Waals surface area contributed by atoms with E-state index in [9.17, 15) is 19.7 Å². The smallest absolute Gasteiger partial charge is 0.340 e. The summed E-state index contributed by atoms with van der Waals surface area (Å²) in [5.41, 5.74) is -1.54. The molecule has 7 nitrogen and oxygen atoms in total. The zero-order chi connectivity index (χ0) is 13.0. The maximum atomic E-state index is 11.4. The Hall–Kier alpha value is -2.75. The van der Waals surface area contributed by atoms with E-state index in [0.717, 1.165) is 19.2 Å². The average Bonchev–Trinajstić information content (AvgIpc) is 2.35. The number of carbonyl (C=O) groups excluding carboxylic acids is 2. The lowest BCUT2D eigenvalue weighted by Crippen LogP contribution is -2.10. The van der Waals surface area contributed by atoms with Gasteiger partial charge in [-0.15, -0.1) is 0 Å². The summed E-state index contributed by atoms with van der Waals surface area (Å²) in [5, 5.41) is 19.5. The number of nitro benzene ring substituents is 1. The molecule has 0 aromatic heterocycles. The quantitative estimate of drug-likeness (QED) is 0.334. The van der Waals surface area contributed by atoms with Crippen molar-refractivity contribution in [3.05, 3.63) is 38.9 Å². The Kier molecular flexibility index (Phi) is 3.51. The van der Waals surface area contributed by atoms with Gasteiger partial charge in [-0.05, 0) is 6.07 Å². The molecule has 0 amide bonds. The molecular formula is C10H6N2O5. The summed E-state index contributed by atoms with van der Waals surface area (Å²) in [5.74, 6) is -0.965. The monoisotopic (exact) mass is 234 g/mol. The van der Waals surface area contributed by atoms with E-state index in [-0.39, 0.29) is 11.1 Å². The highest BCUT2D eigenvalue weighted by Crippen LogP contribution is 2.24. The fourth-order valence-electron chi connectivity index (χ4n) is 1.29. The molecule has 0 aliphatic heterocycles. The molecule has 1 aromatic carbocycles. The molecular weight excluding hydrogens is 228 g/mol. The molecule has 0 fully saturated rings. The molecule has 1 rings (SSSR count). The molecule has 0 saturated carbocycles. The molecule has 0 bridgehead atoms. The number of carbonyl (C=O) groups is 2. The molecule has 0 saturated heterocycles. The number of esters is 1. The Morgan fingerprint density at radius 2 is 2.24 bits per heavy atom. The topological polar surface area (TPSA) is 110 Å². The minimum atomic E-state index is -0.965. The van der Waals surface area contributed by atoms with E-state index in [1.165, 1.54) is 6.07 Å². The molecule has 0 unspecified atom stereocenters. The minimum Gasteiger partial charge on any atom is -0.465 e. The summed E-state index contributed by atoms with van der Waals surface area (Å²) in [4.78, 5) is 32.0. The van der Waals surface area contributed by atoms with Gasteiger partial charge in [0.05, 0.1) is 17.6 Å². The summed E-state index contributed by atoms with van der Waals surface area (Å²) in [6, 6.07) is 3.62. The van der Waals surface area contributed by atoms with Crippen LogP contribution in [0.1, 0.15) is 26.3 Å². The van der Waals surface area contributed by atoms with Crippen molar-refractivity contribution < 1.29 is 19.2 Å². The Bertz CT molecular complexity index is 544. The van der Waals surface area contributed by atoms with Gasteiger partial charge >= 0.3 is 5.97 Å². The van der Waals surface area contributed by atoms with Crippen LogP contribution in [0, 0.1) is 21.4 Å². The van der Waals surface area contributed by atoms with E-state index < -0.39 is 22.1 Å². The largest absolute Gasteiger partial charge is 0.465 e. The van der Waals surface area contributed by atoms with Gasteiger partial charge in [-0.25, -0.2) is 4.79 Å². The maximum absolute atomic E-state index is 11.4. The van der Waals surface area contributed by atoms with Gasteiger partial charge in [-0.2, -0.15) is 5.26 Å². The van der Waals surface area contributed by atoms with Gasteiger partial charge in [0.15, 0.2) is 6.29 Å². The van der Waals surface area contributed by atoms with Crippen LogP contribution in [0.15, 0.2) is 12.1 Å². The number of hydrogen-bond acceptors (Lipinski definition) is 6. The van der Waals surface area contributed by atoms with E-state index in [4.69, 9.17) is 5.26 Å². The Balaban J connectivity index is 3.67. The molecule has 1 aromatic rings. The molecule has 86 valence electrons. The number of nitro groups is 1. The molecule has 0 aliphatic carbocycles. The van der Waals surface area contributed by atoms with Crippen LogP contribution in [0.2, 0.25) is 0 Å². The van der Waals surface area contributed by atoms with Crippen LogP contribution in [-0.2, 0) is 4.74 Å². The zero-order valence-electron chi connectivity index (χ0n) is 8.67. The van der Waals surface area contributed by atoms with Crippen molar-refractivity contribution >= 4 is 17.9 Å². The first-order valence-corrected chi connectivity index (χ1v) is 4.31. The molecule has 17 heavy (non-hydrogen) atoms.